The molecule has 3 rings (SSSR count). The predicted molar refractivity (Wildman–Crippen MR) is 90.0 cm³/mol. The molecule has 0 aliphatic heterocycles. The van der Waals surface area contributed by atoms with Gasteiger partial charge in [0, 0.05) is 11.1 Å². The molecule has 2 aromatic carbocycles. The number of carbonyl (C=O) groups excluding carboxylic acids is 1. The summed E-state index contributed by atoms with van der Waals surface area (Å²) in [5.41, 5.74) is 1.43. The second-order valence-electron chi connectivity index (χ2n) is 4.94. The summed E-state index contributed by atoms with van der Waals surface area (Å²) in [4.78, 5) is 20.8. The zero-order valence-electron chi connectivity index (χ0n) is 12.4. The number of nitrogens with zero attached hydrogens (tertiary/aromatic N) is 2. The van der Waals surface area contributed by atoms with Crippen LogP contribution in [0.3, 0.4) is 0 Å². The molecule has 0 bridgehead atoms. The summed E-state index contributed by atoms with van der Waals surface area (Å²) in [6.45, 7) is 1.83. The highest BCUT2D eigenvalue weighted by atomic mass is 32.2. The Labute approximate surface area is 137 Å². The Hall–Kier alpha value is -2.47. The molecule has 0 unspecified atom stereocenters. The maximum absolute atomic E-state index is 12.8. The van der Waals surface area contributed by atoms with Crippen molar-refractivity contribution in [2.45, 2.75) is 11.9 Å². The van der Waals surface area contributed by atoms with Gasteiger partial charge in [0.1, 0.15) is 16.7 Å². The van der Waals surface area contributed by atoms with Gasteiger partial charge in [0.15, 0.2) is 0 Å². The van der Waals surface area contributed by atoms with Crippen molar-refractivity contribution in [1.82, 2.24) is 9.97 Å². The van der Waals surface area contributed by atoms with Crippen molar-refractivity contribution in [3.05, 3.63) is 60.2 Å². The first-order valence-corrected chi connectivity index (χ1v) is 8.02. The maximum Gasteiger partial charge on any atom is 0.234 e. The van der Waals surface area contributed by atoms with Gasteiger partial charge in [-0.05, 0) is 37.3 Å². The number of fused-ring (bicyclic) bond motifs is 1. The minimum Gasteiger partial charge on any atom is -0.325 e. The molecule has 0 aliphatic rings. The van der Waals surface area contributed by atoms with Crippen molar-refractivity contribution in [2.24, 2.45) is 0 Å². The lowest BCUT2D eigenvalue weighted by molar-refractivity contribution is -0.113. The van der Waals surface area contributed by atoms with Gasteiger partial charge in [0.2, 0.25) is 5.91 Å². The Bertz CT molecular complexity index is 852. The van der Waals surface area contributed by atoms with Crippen LogP contribution in [-0.2, 0) is 4.79 Å². The fraction of sp³-hybridized carbons (Fsp3) is 0.118. The number of hydrogen-bond acceptors (Lipinski definition) is 4. The largest absolute Gasteiger partial charge is 0.325 e. The van der Waals surface area contributed by atoms with E-state index in [-0.39, 0.29) is 17.5 Å². The normalized spacial score (nSPS) is 10.7. The van der Waals surface area contributed by atoms with E-state index in [2.05, 4.69) is 15.3 Å². The first-order valence-electron chi connectivity index (χ1n) is 7.03. The minimum atomic E-state index is -0.333. The van der Waals surface area contributed by atoms with E-state index in [0.717, 1.165) is 15.9 Å². The molecule has 1 N–H and O–H groups in total. The molecule has 23 heavy (non-hydrogen) atoms. The molecule has 1 aromatic heterocycles. The molecule has 1 heterocycles. The number of hydrogen-bond donors (Lipinski definition) is 1. The van der Waals surface area contributed by atoms with Crippen molar-refractivity contribution in [1.29, 1.82) is 0 Å². The van der Waals surface area contributed by atoms with Crippen molar-refractivity contribution >= 4 is 34.3 Å². The summed E-state index contributed by atoms with van der Waals surface area (Å²) in [6, 6.07) is 13.4. The van der Waals surface area contributed by atoms with E-state index < -0.39 is 0 Å². The molecule has 1 amide bonds. The molecule has 6 heteroatoms. The van der Waals surface area contributed by atoms with Gasteiger partial charge in [0.05, 0.1) is 11.3 Å². The number of aryl methyl sites for hydroxylation is 1. The Kier molecular flexibility index (Phi) is 4.52. The van der Waals surface area contributed by atoms with E-state index in [0.29, 0.717) is 11.5 Å². The van der Waals surface area contributed by atoms with E-state index >= 15 is 0 Å². The Morgan fingerprint density at radius 2 is 1.87 bits per heavy atom. The number of thioether (sulfide) groups is 1. The maximum atomic E-state index is 12.8. The van der Waals surface area contributed by atoms with Crippen molar-refractivity contribution in [3.8, 4) is 0 Å². The quantitative estimate of drug-likeness (QED) is 0.585. The van der Waals surface area contributed by atoms with Gasteiger partial charge < -0.3 is 5.32 Å². The Morgan fingerprint density at radius 3 is 2.65 bits per heavy atom. The number of amides is 1. The van der Waals surface area contributed by atoms with Gasteiger partial charge in [-0.2, -0.15) is 0 Å². The number of benzene rings is 2. The minimum absolute atomic E-state index is 0.165. The first-order chi connectivity index (χ1) is 11.1. The number of halogens is 1. The smallest absolute Gasteiger partial charge is 0.234 e. The molecule has 0 saturated heterocycles. The lowest BCUT2D eigenvalue weighted by atomic mass is 10.2. The van der Waals surface area contributed by atoms with Gasteiger partial charge in [-0.3, -0.25) is 4.79 Å². The van der Waals surface area contributed by atoms with E-state index in [9.17, 15) is 9.18 Å². The fourth-order valence-corrected chi connectivity index (χ4v) is 3.00. The van der Waals surface area contributed by atoms with Gasteiger partial charge in [-0.1, -0.05) is 30.0 Å². The molecular formula is C17H14FN3OS. The van der Waals surface area contributed by atoms with Gasteiger partial charge >= 0.3 is 0 Å². The molecular weight excluding hydrogens is 313 g/mol. The highest BCUT2D eigenvalue weighted by molar-refractivity contribution is 8.00. The fourth-order valence-electron chi connectivity index (χ4n) is 2.13. The monoisotopic (exact) mass is 327 g/mol. The van der Waals surface area contributed by atoms with Crippen LogP contribution in [0.5, 0.6) is 0 Å². The van der Waals surface area contributed by atoms with Crippen LogP contribution >= 0.6 is 11.8 Å². The van der Waals surface area contributed by atoms with Crippen LogP contribution in [0.15, 0.2) is 53.6 Å². The third kappa shape index (κ3) is 3.84. The van der Waals surface area contributed by atoms with Crippen LogP contribution in [0, 0.1) is 12.7 Å². The Balaban J connectivity index is 1.70. The van der Waals surface area contributed by atoms with Crippen LogP contribution in [-0.4, -0.2) is 21.6 Å². The van der Waals surface area contributed by atoms with Crippen molar-refractivity contribution in [2.75, 3.05) is 11.1 Å². The van der Waals surface area contributed by atoms with E-state index in [1.54, 1.807) is 0 Å². The highest BCUT2D eigenvalue weighted by Crippen LogP contribution is 2.25. The van der Waals surface area contributed by atoms with Crippen LogP contribution in [0.25, 0.3) is 10.9 Å². The highest BCUT2D eigenvalue weighted by Gasteiger charge is 2.09. The van der Waals surface area contributed by atoms with Gasteiger partial charge in [-0.25, -0.2) is 14.4 Å². The molecule has 3 aromatic rings. The second kappa shape index (κ2) is 6.75. The molecule has 0 atom stereocenters. The number of rotatable bonds is 4. The molecule has 0 fully saturated rings. The number of anilines is 1. The number of nitrogens with one attached hydrogen (secondary N) is 1. The SMILES string of the molecule is Cc1nc(SCC(=O)Nc2ccc(F)cc2)c2ccccc2n1. The molecule has 4 nitrogen and oxygen atoms in total. The summed E-state index contributed by atoms with van der Waals surface area (Å²) < 4.78 is 12.8. The zero-order valence-corrected chi connectivity index (χ0v) is 13.2. The van der Waals surface area contributed by atoms with Crippen LogP contribution in [0.4, 0.5) is 10.1 Å². The standard InChI is InChI=1S/C17H14FN3OS/c1-11-19-15-5-3-2-4-14(15)17(20-11)23-10-16(22)21-13-8-6-12(18)7-9-13/h2-9H,10H2,1H3,(H,21,22). The second-order valence-corrected chi connectivity index (χ2v) is 5.90. The van der Waals surface area contributed by atoms with Gasteiger partial charge in [-0.15, -0.1) is 0 Å². The van der Waals surface area contributed by atoms with Crippen LogP contribution in [0.1, 0.15) is 5.82 Å². The summed E-state index contributed by atoms with van der Waals surface area (Å²) in [7, 11) is 0. The van der Waals surface area contributed by atoms with Gasteiger partial charge in [0.25, 0.3) is 0 Å². The number of aromatic nitrogens is 2. The molecule has 0 saturated carbocycles. The number of para-hydroxylation sites is 1. The average molecular weight is 327 g/mol. The molecule has 0 radical (unpaired) electrons. The average Bonchev–Trinajstić information content (AvgIpc) is 2.54. The van der Waals surface area contributed by atoms with Crippen molar-refractivity contribution in [3.63, 3.8) is 0 Å². The Morgan fingerprint density at radius 1 is 1.13 bits per heavy atom. The summed E-state index contributed by atoms with van der Waals surface area (Å²) >= 11 is 1.36. The lowest BCUT2D eigenvalue weighted by Crippen LogP contribution is -2.14. The molecule has 0 spiro atoms. The third-order valence-corrected chi connectivity index (χ3v) is 4.14. The molecule has 0 aliphatic carbocycles. The number of carbonyl (C=O) groups is 1. The van der Waals surface area contributed by atoms with Crippen LogP contribution < -0.4 is 5.32 Å². The predicted octanol–water partition coefficient (Wildman–Crippen LogP) is 3.81. The summed E-state index contributed by atoms with van der Waals surface area (Å²) in [5, 5.41) is 4.44. The van der Waals surface area contributed by atoms with Crippen molar-refractivity contribution < 1.29 is 9.18 Å². The first kappa shape index (κ1) is 15.4. The zero-order chi connectivity index (χ0) is 16.2. The summed E-state index contributed by atoms with van der Waals surface area (Å²) in [5.74, 6) is 0.394. The topological polar surface area (TPSA) is 54.9 Å². The third-order valence-electron chi connectivity index (χ3n) is 3.15. The summed E-state index contributed by atoms with van der Waals surface area (Å²) in [6.07, 6.45) is 0. The van der Waals surface area contributed by atoms with Crippen LogP contribution in [0.2, 0.25) is 0 Å². The van der Waals surface area contributed by atoms with E-state index in [1.807, 2.05) is 31.2 Å². The van der Waals surface area contributed by atoms with E-state index in [1.165, 1.54) is 36.0 Å². The van der Waals surface area contributed by atoms with E-state index in [4.69, 9.17) is 0 Å². The lowest BCUT2D eigenvalue weighted by Gasteiger charge is -2.07. The molecule has 116 valence electrons.